The second-order valence-corrected chi connectivity index (χ2v) is 7.73. The van der Waals surface area contributed by atoms with Gasteiger partial charge in [0.05, 0.1) is 12.2 Å². The molecule has 0 atom stereocenters. The van der Waals surface area contributed by atoms with Crippen LogP contribution in [0, 0.1) is 13.8 Å². The molecule has 0 unspecified atom stereocenters. The van der Waals surface area contributed by atoms with Gasteiger partial charge in [-0.3, -0.25) is 0 Å². The van der Waals surface area contributed by atoms with E-state index in [0.29, 0.717) is 22.3 Å². The Balaban J connectivity index is 1.87. The number of hydrogen-bond acceptors (Lipinski definition) is 4. The molecule has 0 aliphatic carbocycles. The zero-order valence-electron chi connectivity index (χ0n) is 16.0. The third-order valence-corrected chi connectivity index (χ3v) is 5.67. The summed E-state index contributed by atoms with van der Waals surface area (Å²) in [4.78, 5) is 13.4. The summed E-state index contributed by atoms with van der Waals surface area (Å²) >= 11 is 6.96. The van der Waals surface area contributed by atoms with Crippen molar-refractivity contribution in [2.24, 2.45) is 0 Å². The molecular formula is C22H22N2O2S2. The molecule has 2 N–H and O–H groups in total. The summed E-state index contributed by atoms with van der Waals surface area (Å²) in [6.45, 7) is 6.21. The molecule has 0 amide bonds. The lowest BCUT2D eigenvalue weighted by atomic mass is 10.1. The number of thiocarbonyl (C=S) groups is 1. The Kier molecular flexibility index (Phi) is 6.44. The summed E-state index contributed by atoms with van der Waals surface area (Å²) < 4.78 is 5.22. The molecule has 0 aliphatic heterocycles. The van der Waals surface area contributed by atoms with Crippen LogP contribution in [-0.2, 0) is 4.74 Å². The van der Waals surface area contributed by atoms with Crippen molar-refractivity contribution in [2.45, 2.75) is 20.8 Å². The summed E-state index contributed by atoms with van der Waals surface area (Å²) in [5.41, 5.74) is 4.78. The van der Waals surface area contributed by atoms with E-state index in [2.05, 4.69) is 23.6 Å². The number of ether oxygens (including phenoxy) is 1. The van der Waals surface area contributed by atoms with Crippen molar-refractivity contribution in [1.82, 2.24) is 0 Å². The van der Waals surface area contributed by atoms with Crippen LogP contribution in [0.4, 0.5) is 10.7 Å². The first-order valence-corrected chi connectivity index (χ1v) is 10.2. The fourth-order valence-corrected chi connectivity index (χ4v) is 4.06. The molecule has 28 heavy (non-hydrogen) atoms. The Labute approximate surface area is 174 Å². The van der Waals surface area contributed by atoms with Crippen LogP contribution in [-0.4, -0.2) is 17.7 Å². The van der Waals surface area contributed by atoms with E-state index in [0.717, 1.165) is 21.7 Å². The van der Waals surface area contributed by atoms with Gasteiger partial charge in [-0.1, -0.05) is 42.5 Å². The maximum atomic E-state index is 12.4. The first-order valence-electron chi connectivity index (χ1n) is 9.00. The summed E-state index contributed by atoms with van der Waals surface area (Å²) in [6, 6.07) is 17.8. The molecule has 6 heteroatoms. The van der Waals surface area contributed by atoms with Crippen molar-refractivity contribution in [3.63, 3.8) is 0 Å². The average molecular weight is 411 g/mol. The standard InChI is InChI=1S/C22H22N2O2S2/c1-4-26-21(25)17-13-19(16-10-6-5-7-11-16)28-20(17)24-22(27)23-18-12-8-9-14(2)15(18)3/h5-13H,4H2,1-3H3,(H2,23,24,27). The number of esters is 1. The van der Waals surface area contributed by atoms with Gasteiger partial charge in [0.15, 0.2) is 5.11 Å². The van der Waals surface area contributed by atoms with Gasteiger partial charge in [-0.15, -0.1) is 11.3 Å². The summed E-state index contributed by atoms with van der Waals surface area (Å²) in [5.74, 6) is -0.363. The lowest BCUT2D eigenvalue weighted by Crippen LogP contribution is -2.20. The molecule has 3 aromatic rings. The normalized spacial score (nSPS) is 10.4. The number of carbonyl (C=O) groups is 1. The van der Waals surface area contributed by atoms with E-state index in [1.807, 2.05) is 55.5 Å². The highest BCUT2D eigenvalue weighted by Gasteiger charge is 2.19. The predicted octanol–water partition coefficient (Wildman–Crippen LogP) is 6.02. The van der Waals surface area contributed by atoms with E-state index in [4.69, 9.17) is 17.0 Å². The molecule has 1 heterocycles. The van der Waals surface area contributed by atoms with Crippen LogP contribution in [0.25, 0.3) is 10.4 Å². The minimum atomic E-state index is -0.363. The van der Waals surface area contributed by atoms with Gasteiger partial charge < -0.3 is 15.4 Å². The van der Waals surface area contributed by atoms with Crippen LogP contribution in [0.3, 0.4) is 0 Å². The number of thiophene rings is 1. The molecule has 1 aromatic heterocycles. The molecule has 4 nitrogen and oxygen atoms in total. The van der Waals surface area contributed by atoms with Crippen molar-refractivity contribution in [1.29, 1.82) is 0 Å². The van der Waals surface area contributed by atoms with Crippen molar-refractivity contribution in [3.05, 3.63) is 71.3 Å². The average Bonchev–Trinajstić information content (AvgIpc) is 3.10. The van der Waals surface area contributed by atoms with Gasteiger partial charge in [-0.25, -0.2) is 4.79 Å². The molecule has 0 saturated heterocycles. The molecule has 0 saturated carbocycles. The zero-order valence-corrected chi connectivity index (χ0v) is 17.7. The predicted molar refractivity (Wildman–Crippen MR) is 121 cm³/mol. The first kappa shape index (κ1) is 20.0. The van der Waals surface area contributed by atoms with Crippen LogP contribution in [0.15, 0.2) is 54.6 Å². The summed E-state index contributed by atoms with van der Waals surface area (Å²) in [5, 5.41) is 7.49. The van der Waals surface area contributed by atoms with Gasteiger partial charge in [0, 0.05) is 10.6 Å². The molecule has 0 fully saturated rings. The van der Waals surface area contributed by atoms with Crippen molar-refractivity contribution in [2.75, 3.05) is 17.2 Å². The summed E-state index contributed by atoms with van der Waals surface area (Å²) in [7, 11) is 0. The number of anilines is 2. The molecular weight excluding hydrogens is 388 g/mol. The molecule has 0 bridgehead atoms. The lowest BCUT2D eigenvalue weighted by molar-refractivity contribution is 0.0528. The first-order chi connectivity index (χ1) is 13.5. The smallest absolute Gasteiger partial charge is 0.341 e. The molecule has 0 spiro atoms. The fraction of sp³-hybridized carbons (Fsp3) is 0.182. The van der Waals surface area contributed by atoms with Crippen LogP contribution < -0.4 is 10.6 Å². The van der Waals surface area contributed by atoms with Crippen LogP contribution in [0.5, 0.6) is 0 Å². The number of nitrogens with one attached hydrogen (secondary N) is 2. The SMILES string of the molecule is CCOC(=O)c1cc(-c2ccccc2)sc1NC(=S)Nc1cccc(C)c1C. The number of aryl methyl sites for hydroxylation is 1. The summed E-state index contributed by atoms with van der Waals surface area (Å²) in [6.07, 6.45) is 0. The minimum absolute atomic E-state index is 0.319. The van der Waals surface area contributed by atoms with E-state index < -0.39 is 0 Å². The third kappa shape index (κ3) is 4.58. The number of rotatable bonds is 5. The van der Waals surface area contributed by atoms with Gasteiger partial charge in [-0.2, -0.15) is 0 Å². The maximum Gasteiger partial charge on any atom is 0.341 e. The largest absolute Gasteiger partial charge is 0.462 e. The Morgan fingerprint density at radius 2 is 1.82 bits per heavy atom. The van der Waals surface area contributed by atoms with Gasteiger partial charge >= 0.3 is 5.97 Å². The fourth-order valence-electron chi connectivity index (χ4n) is 2.73. The highest BCUT2D eigenvalue weighted by Crippen LogP contribution is 2.36. The Morgan fingerprint density at radius 1 is 1.07 bits per heavy atom. The molecule has 3 rings (SSSR count). The van der Waals surface area contributed by atoms with E-state index in [-0.39, 0.29) is 5.97 Å². The van der Waals surface area contributed by atoms with Crippen molar-refractivity contribution >= 4 is 45.3 Å². The Bertz CT molecular complexity index is 997. The molecule has 0 radical (unpaired) electrons. The maximum absolute atomic E-state index is 12.4. The van der Waals surface area contributed by atoms with Crippen molar-refractivity contribution in [3.8, 4) is 10.4 Å². The van der Waals surface area contributed by atoms with Crippen molar-refractivity contribution < 1.29 is 9.53 Å². The topological polar surface area (TPSA) is 50.4 Å². The van der Waals surface area contributed by atoms with Gasteiger partial charge in [0.1, 0.15) is 5.00 Å². The van der Waals surface area contributed by atoms with E-state index in [1.165, 1.54) is 16.9 Å². The van der Waals surface area contributed by atoms with E-state index >= 15 is 0 Å². The monoisotopic (exact) mass is 410 g/mol. The van der Waals surface area contributed by atoms with Crippen LogP contribution in [0.2, 0.25) is 0 Å². The second-order valence-electron chi connectivity index (χ2n) is 6.27. The molecule has 144 valence electrons. The molecule has 0 aliphatic rings. The van der Waals surface area contributed by atoms with Gasteiger partial charge in [0.2, 0.25) is 0 Å². The van der Waals surface area contributed by atoms with E-state index in [1.54, 1.807) is 6.92 Å². The zero-order chi connectivity index (χ0) is 20.1. The van der Waals surface area contributed by atoms with Gasteiger partial charge in [0.25, 0.3) is 0 Å². The number of hydrogen-bond donors (Lipinski definition) is 2. The quantitative estimate of drug-likeness (QED) is 0.398. The number of benzene rings is 2. The van der Waals surface area contributed by atoms with Crippen LogP contribution >= 0.6 is 23.6 Å². The Morgan fingerprint density at radius 3 is 2.54 bits per heavy atom. The second kappa shape index (κ2) is 8.99. The minimum Gasteiger partial charge on any atom is -0.462 e. The number of carbonyl (C=O) groups excluding carboxylic acids is 1. The highest BCUT2D eigenvalue weighted by molar-refractivity contribution is 7.80. The van der Waals surface area contributed by atoms with E-state index in [9.17, 15) is 4.79 Å². The lowest BCUT2D eigenvalue weighted by Gasteiger charge is -2.13. The highest BCUT2D eigenvalue weighted by atomic mass is 32.1. The third-order valence-electron chi connectivity index (χ3n) is 4.37. The Hall–Kier alpha value is -2.70. The van der Waals surface area contributed by atoms with Gasteiger partial charge in [-0.05, 0) is 61.8 Å². The van der Waals surface area contributed by atoms with Crippen LogP contribution in [0.1, 0.15) is 28.4 Å². The molecule has 2 aromatic carbocycles.